The van der Waals surface area contributed by atoms with Crippen LogP contribution in [0, 0.1) is 0 Å². The summed E-state index contributed by atoms with van der Waals surface area (Å²) in [6.07, 6.45) is 0.667. The van der Waals surface area contributed by atoms with Crippen molar-refractivity contribution in [3.05, 3.63) is 0 Å². The van der Waals surface area contributed by atoms with Crippen LogP contribution in [0.3, 0.4) is 0 Å². The van der Waals surface area contributed by atoms with Crippen LogP contribution in [-0.4, -0.2) is 24.4 Å². The van der Waals surface area contributed by atoms with Gasteiger partial charge in [-0.25, -0.2) is 0 Å². The van der Waals surface area contributed by atoms with E-state index in [2.05, 4.69) is 0 Å². The highest BCUT2D eigenvalue weighted by Gasteiger charge is 2.19. The minimum Gasteiger partial charge on any atom is -0.374 e. The number of hydrogen-bond donors (Lipinski definition) is 0. The van der Waals surface area contributed by atoms with Crippen molar-refractivity contribution in [1.82, 2.24) is 0 Å². The molecule has 0 aromatic heterocycles. The number of carbonyl (C=O) groups is 1. The Labute approximate surface area is 52.8 Å². The predicted molar refractivity (Wildman–Crippen MR) is 30.1 cm³/mol. The van der Waals surface area contributed by atoms with Crippen LogP contribution < -0.4 is 0 Å². The van der Waals surface area contributed by atoms with Crippen LogP contribution in [0.5, 0.6) is 0 Å². The Bertz CT molecular complexity index is 103. The lowest BCUT2D eigenvalue weighted by Crippen LogP contribution is -2.27. The van der Waals surface area contributed by atoms with Gasteiger partial charge in [-0.15, -0.1) is 11.6 Å². The first kappa shape index (κ1) is 6.05. The number of rotatable bonds is 0. The SMILES string of the molecule is O=C1COCCC1Cl. The first-order valence-electron chi connectivity index (χ1n) is 2.55. The van der Waals surface area contributed by atoms with E-state index in [1.807, 2.05) is 0 Å². The number of Topliss-reactive ketones (excluding diaryl/α,β-unsaturated/α-hetero) is 1. The van der Waals surface area contributed by atoms with Gasteiger partial charge in [0.05, 0.1) is 5.38 Å². The topological polar surface area (TPSA) is 26.3 Å². The predicted octanol–water partition coefficient (Wildman–Crippen LogP) is 0.583. The summed E-state index contributed by atoms with van der Waals surface area (Å²) in [6, 6.07) is 0. The van der Waals surface area contributed by atoms with Gasteiger partial charge in [0.1, 0.15) is 6.61 Å². The number of alkyl halides is 1. The van der Waals surface area contributed by atoms with Crippen molar-refractivity contribution in [2.45, 2.75) is 11.8 Å². The molecule has 2 nitrogen and oxygen atoms in total. The van der Waals surface area contributed by atoms with Gasteiger partial charge in [0, 0.05) is 6.61 Å². The second-order valence-electron chi connectivity index (χ2n) is 1.78. The quantitative estimate of drug-likeness (QED) is 0.453. The maximum Gasteiger partial charge on any atom is 0.176 e. The molecule has 3 heteroatoms. The highest BCUT2D eigenvalue weighted by molar-refractivity contribution is 6.31. The van der Waals surface area contributed by atoms with Crippen molar-refractivity contribution in [3.63, 3.8) is 0 Å². The molecule has 0 spiro atoms. The summed E-state index contributed by atoms with van der Waals surface area (Å²) in [4.78, 5) is 10.5. The molecule has 0 bridgehead atoms. The van der Waals surface area contributed by atoms with Gasteiger partial charge in [-0.3, -0.25) is 4.79 Å². The third-order valence-electron chi connectivity index (χ3n) is 1.11. The largest absolute Gasteiger partial charge is 0.374 e. The van der Waals surface area contributed by atoms with E-state index in [0.717, 1.165) is 0 Å². The van der Waals surface area contributed by atoms with E-state index in [4.69, 9.17) is 16.3 Å². The zero-order valence-electron chi connectivity index (χ0n) is 4.39. The Balaban J connectivity index is 2.39. The number of ketones is 1. The molecule has 1 atom stereocenters. The van der Waals surface area contributed by atoms with Gasteiger partial charge < -0.3 is 4.74 Å². The molecule has 0 saturated carbocycles. The molecule has 0 radical (unpaired) electrons. The first-order chi connectivity index (χ1) is 3.80. The highest BCUT2D eigenvalue weighted by Crippen LogP contribution is 2.08. The van der Waals surface area contributed by atoms with Crippen LogP contribution in [0.4, 0.5) is 0 Å². The summed E-state index contributed by atoms with van der Waals surface area (Å²) in [5, 5.41) is -0.288. The van der Waals surface area contributed by atoms with Crippen molar-refractivity contribution in [1.29, 1.82) is 0 Å². The summed E-state index contributed by atoms with van der Waals surface area (Å²) < 4.78 is 4.82. The number of hydrogen-bond acceptors (Lipinski definition) is 2. The summed E-state index contributed by atoms with van der Waals surface area (Å²) in [6.45, 7) is 0.827. The Kier molecular flexibility index (Phi) is 1.86. The molecule has 46 valence electrons. The maximum atomic E-state index is 10.5. The second kappa shape index (κ2) is 2.46. The van der Waals surface area contributed by atoms with Gasteiger partial charge in [-0.2, -0.15) is 0 Å². The summed E-state index contributed by atoms with van der Waals surface area (Å²) >= 11 is 5.54. The highest BCUT2D eigenvalue weighted by atomic mass is 35.5. The second-order valence-corrected chi connectivity index (χ2v) is 2.30. The Morgan fingerprint density at radius 1 is 1.75 bits per heavy atom. The van der Waals surface area contributed by atoms with Crippen LogP contribution in [-0.2, 0) is 9.53 Å². The third-order valence-corrected chi connectivity index (χ3v) is 1.57. The molecule has 0 aromatic rings. The average molecular weight is 135 g/mol. The molecule has 0 aromatic carbocycles. The molecule has 1 saturated heterocycles. The number of ether oxygens (including phenoxy) is 1. The van der Waals surface area contributed by atoms with Crippen molar-refractivity contribution in [2.75, 3.05) is 13.2 Å². The summed E-state index contributed by atoms with van der Waals surface area (Å²) in [5.74, 6) is 0.0120. The van der Waals surface area contributed by atoms with E-state index in [0.29, 0.717) is 13.0 Å². The monoisotopic (exact) mass is 134 g/mol. The molecule has 1 aliphatic heterocycles. The zero-order chi connectivity index (χ0) is 5.98. The maximum absolute atomic E-state index is 10.5. The van der Waals surface area contributed by atoms with Crippen LogP contribution in [0.25, 0.3) is 0 Å². The molecular weight excluding hydrogens is 128 g/mol. The van der Waals surface area contributed by atoms with Crippen LogP contribution in [0.1, 0.15) is 6.42 Å². The number of carbonyl (C=O) groups excluding carboxylic acids is 1. The van der Waals surface area contributed by atoms with Gasteiger partial charge in [0.15, 0.2) is 5.78 Å². The molecule has 1 heterocycles. The van der Waals surface area contributed by atoms with Gasteiger partial charge in [0.2, 0.25) is 0 Å². The standard InChI is InChI=1S/C5H7ClO2/c6-4-1-2-8-3-5(4)7/h4H,1-3H2. The molecule has 0 amide bonds. The van der Waals surface area contributed by atoms with E-state index < -0.39 is 0 Å². The molecular formula is C5H7ClO2. The normalized spacial score (nSPS) is 30.6. The minimum absolute atomic E-state index is 0.0120. The van der Waals surface area contributed by atoms with Gasteiger partial charge in [-0.05, 0) is 6.42 Å². The Morgan fingerprint density at radius 3 is 2.88 bits per heavy atom. The van der Waals surface area contributed by atoms with E-state index in [1.54, 1.807) is 0 Å². The Hall–Kier alpha value is -0.0800. The summed E-state index contributed by atoms with van der Waals surface area (Å²) in [5.41, 5.74) is 0. The zero-order valence-corrected chi connectivity index (χ0v) is 5.15. The fourth-order valence-electron chi connectivity index (χ4n) is 0.611. The van der Waals surface area contributed by atoms with E-state index in [9.17, 15) is 4.79 Å². The molecule has 8 heavy (non-hydrogen) atoms. The molecule has 1 fully saturated rings. The minimum atomic E-state index is -0.288. The van der Waals surface area contributed by atoms with E-state index >= 15 is 0 Å². The lowest BCUT2D eigenvalue weighted by Gasteiger charge is -2.13. The first-order valence-corrected chi connectivity index (χ1v) is 2.99. The van der Waals surface area contributed by atoms with Crippen LogP contribution in [0.15, 0.2) is 0 Å². The molecule has 0 N–H and O–H groups in total. The number of halogens is 1. The fraction of sp³-hybridized carbons (Fsp3) is 0.800. The van der Waals surface area contributed by atoms with E-state index in [-0.39, 0.29) is 17.8 Å². The van der Waals surface area contributed by atoms with Crippen molar-refractivity contribution in [2.24, 2.45) is 0 Å². The van der Waals surface area contributed by atoms with Crippen molar-refractivity contribution < 1.29 is 9.53 Å². The van der Waals surface area contributed by atoms with Crippen molar-refractivity contribution >= 4 is 17.4 Å². The lowest BCUT2D eigenvalue weighted by atomic mass is 10.2. The third kappa shape index (κ3) is 1.20. The van der Waals surface area contributed by atoms with Gasteiger partial charge in [0.25, 0.3) is 0 Å². The van der Waals surface area contributed by atoms with Gasteiger partial charge in [-0.1, -0.05) is 0 Å². The average Bonchev–Trinajstić information content (AvgIpc) is 1.77. The van der Waals surface area contributed by atoms with Crippen LogP contribution >= 0.6 is 11.6 Å². The molecule has 1 unspecified atom stereocenters. The molecule has 0 aliphatic carbocycles. The van der Waals surface area contributed by atoms with Crippen LogP contribution in [0.2, 0.25) is 0 Å². The van der Waals surface area contributed by atoms with Gasteiger partial charge >= 0.3 is 0 Å². The molecule has 1 aliphatic rings. The lowest BCUT2D eigenvalue weighted by molar-refractivity contribution is -0.126. The Morgan fingerprint density at radius 2 is 2.50 bits per heavy atom. The summed E-state index contributed by atoms with van der Waals surface area (Å²) in [7, 11) is 0. The smallest absolute Gasteiger partial charge is 0.176 e. The molecule has 1 rings (SSSR count). The van der Waals surface area contributed by atoms with E-state index in [1.165, 1.54) is 0 Å². The fourth-order valence-corrected chi connectivity index (χ4v) is 0.763. The van der Waals surface area contributed by atoms with Crippen molar-refractivity contribution in [3.8, 4) is 0 Å².